The van der Waals surface area contributed by atoms with Crippen molar-refractivity contribution in [1.29, 1.82) is 0 Å². The Morgan fingerprint density at radius 3 is 2.46 bits per heavy atom. The third-order valence-corrected chi connectivity index (χ3v) is 4.04. The standard InChI is InChI=1S/C20H19NO3/c1-12(2)14-7-9-16(10-8-14)21-19(22)17-11-15-6-4-5-13(3)18(15)24-20(17)23/h4-12H,1-3H3,(H,21,22). The molecule has 0 saturated heterocycles. The summed E-state index contributed by atoms with van der Waals surface area (Å²) in [5, 5.41) is 3.48. The van der Waals surface area contributed by atoms with Gasteiger partial charge in [0.1, 0.15) is 11.1 Å². The normalized spacial score (nSPS) is 11.0. The second-order valence-corrected chi connectivity index (χ2v) is 6.17. The molecule has 3 aromatic rings. The number of amides is 1. The summed E-state index contributed by atoms with van der Waals surface area (Å²) in [6, 6.07) is 14.7. The van der Waals surface area contributed by atoms with E-state index >= 15 is 0 Å². The lowest BCUT2D eigenvalue weighted by atomic mass is 10.0. The van der Waals surface area contributed by atoms with E-state index in [9.17, 15) is 9.59 Å². The molecular weight excluding hydrogens is 302 g/mol. The van der Waals surface area contributed by atoms with Crippen LogP contribution in [0.3, 0.4) is 0 Å². The summed E-state index contributed by atoms with van der Waals surface area (Å²) in [6.45, 7) is 6.08. The summed E-state index contributed by atoms with van der Waals surface area (Å²) in [7, 11) is 0. The number of benzene rings is 2. The summed E-state index contributed by atoms with van der Waals surface area (Å²) < 4.78 is 5.32. The number of fused-ring (bicyclic) bond motifs is 1. The molecule has 1 heterocycles. The van der Waals surface area contributed by atoms with E-state index in [-0.39, 0.29) is 5.56 Å². The lowest BCUT2D eigenvalue weighted by molar-refractivity contribution is 0.102. The minimum Gasteiger partial charge on any atom is -0.422 e. The Labute approximate surface area is 140 Å². The van der Waals surface area contributed by atoms with E-state index in [1.54, 1.807) is 6.07 Å². The highest BCUT2D eigenvalue weighted by molar-refractivity contribution is 6.05. The SMILES string of the molecule is Cc1cccc2cc(C(=O)Nc3ccc(C(C)C)cc3)c(=O)oc12. The van der Waals surface area contributed by atoms with E-state index in [0.717, 1.165) is 10.9 Å². The van der Waals surface area contributed by atoms with Crippen LogP contribution in [0.15, 0.2) is 57.7 Å². The first kappa shape index (κ1) is 16.0. The van der Waals surface area contributed by atoms with Crippen molar-refractivity contribution in [2.24, 2.45) is 0 Å². The Morgan fingerprint density at radius 2 is 1.79 bits per heavy atom. The van der Waals surface area contributed by atoms with Crippen LogP contribution in [-0.2, 0) is 0 Å². The topological polar surface area (TPSA) is 59.3 Å². The highest BCUT2D eigenvalue weighted by atomic mass is 16.4. The molecule has 0 radical (unpaired) electrons. The van der Waals surface area contributed by atoms with Crippen LogP contribution in [0.5, 0.6) is 0 Å². The number of rotatable bonds is 3. The monoisotopic (exact) mass is 321 g/mol. The Kier molecular flexibility index (Phi) is 4.21. The molecule has 0 bridgehead atoms. The highest BCUT2D eigenvalue weighted by Crippen LogP contribution is 2.19. The fourth-order valence-electron chi connectivity index (χ4n) is 2.60. The minimum atomic E-state index is -0.631. The van der Waals surface area contributed by atoms with E-state index in [1.807, 2.05) is 49.4 Å². The predicted molar refractivity (Wildman–Crippen MR) is 95.7 cm³/mol. The highest BCUT2D eigenvalue weighted by Gasteiger charge is 2.14. The second kappa shape index (κ2) is 6.32. The van der Waals surface area contributed by atoms with Crippen molar-refractivity contribution in [1.82, 2.24) is 0 Å². The summed E-state index contributed by atoms with van der Waals surface area (Å²) in [5.41, 5.74) is 2.58. The number of carbonyl (C=O) groups is 1. The zero-order valence-corrected chi connectivity index (χ0v) is 13.9. The van der Waals surface area contributed by atoms with Gasteiger partial charge in [0.25, 0.3) is 5.91 Å². The van der Waals surface area contributed by atoms with Gasteiger partial charge < -0.3 is 9.73 Å². The molecule has 0 fully saturated rings. The van der Waals surface area contributed by atoms with Crippen LogP contribution >= 0.6 is 0 Å². The Morgan fingerprint density at radius 1 is 1.08 bits per heavy atom. The largest absolute Gasteiger partial charge is 0.422 e. The molecule has 0 aliphatic carbocycles. The molecule has 0 atom stereocenters. The van der Waals surface area contributed by atoms with Crippen molar-refractivity contribution in [3.63, 3.8) is 0 Å². The summed E-state index contributed by atoms with van der Waals surface area (Å²) >= 11 is 0. The first-order valence-corrected chi connectivity index (χ1v) is 7.90. The first-order chi connectivity index (χ1) is 11.5. The lowest BCUT2D eigenvalue weighted by Crippen LogP contribution is -2.20. The van der Waals surface area contributed by atoms with Gasteiger partial charge >= 0.3 is 5.63 Å². The molecule has 4 nitrogen and oxygen atoms in total. The van der Waals surface area contributed by atoms with Gasteiger partial charge in [0, 0.05) is 11.1 Å². The third kappa shape index (κ3) is 3.08. The van der Waals surface area contributed by atoms with E-state index in [4.69, 9.17) is 4.42 Å². The number of anilines is 1. The first-order valence-electron chi connectivity index (χ1n) is 7.90. The predicted octanol–water partition coefficient (Wildman–Crippen LogP) is 4.48. The molecule has 1 aromatic heterocycles. The molecule has 0 aliphatic rings. The van der Waals surface area contributed by atoms with Crippen molar-refractivity contribution in [3.8, 4) is 0 Å². The van der Waals surface area contributed by atoms with Gasteiger partial charge in [0.05, 0.1) is 0 Å². The second-order valence-electron chi connectivity index (χ2n) is 6.17. The van der Waals surface area contributed by atoms with E-state index in [0.29, 0.717) is 17.2 Å². The molecule has 3 rings (SSSR count). The maximum atomic E-state index is 12.4. The molecular formula is C20H19NO3. The fourth-order valence-corrected chi connectivity index (χ4v) is 2.60. The molecule has 122 valence electrons. The minimum absolute atomic E-state index is 0.000959. The third-order valence-electron chi connectivity index (χ3n) is 4.04. The van der Waals surface area contributed by atoms with Crippen molar-refractivity contribution in [2.75, 3.05) is 5.32 Å². The zero-order chi connectivity index (χ0) is 17.3. The van der Waals surface area contributed by atoms with Crippen LogP contribution in [0.2, 0.25) is 0 Å². The lowest BCUT2D eigenvalue weighted by Gasteiger charge is -2.08. The Balaban J connectivity index is 1.91. The average molecular weight is 321 g/mol. The van der Waals surface area contributed by atoms with Gasteiger partial charge in [-0.25, -0.2) is 4.79 Å². The van der Waals surface area contributed by atoms with Gasteiger partial charge in [0.15, 0.2) is 0 Å². The molecule has 2 aromatic carbocycles. The molecule has 1 amide bonds. The number of aryl methyl sites for hydroxylation is 1. The van der Waals surface area contributed by atoms with Crippen LogP contribution in [0, 0.1) is 6.92 Å². The maximum Gasteiger partial charge on any atom is 0.349 e. The Bertz CT molecular complexity index is 953. The fraction of sp³-hybridized carbons (Fsp3) is 0.200. The zero-order valence-electron chi connectivity index (χ0n) is 13.9. The number of hydrogen-bond donors (Lipinski definition) is 1. The smallest absolute Gasteiger partial charge is 0.349 e. The van der Waals surface area contributed by atoms with Crippen LogP contribution < -0.4 is 10.9 Å². The molecule has 1 N–H and O–H groups in total. The van der Waals surface area contributed by atoms with Crippen LogP contribution in [0.1, 0.15) is 41.3 Å². The maximum absolute atomic E-state index is 12.4. The van der Waals surface area contributed by atoms with Gasteiger partial charge in [-0.3, -0.25) is 4.79 Å². The quantitative estimate of drug-likeness (QED) is 0.724. The molecule has 4 heteroatoms. The summed E-state index contributed by atoms with van der Waals surface area (Å²) in [4.78, 5) is 24.5. The average Bonchev–Trinajstić information content (AvgIpc) is 2.55. The molecule has 0 saturated carbocycles. The molecule has 0 spiro atoms. The van der Waals surface area contributed by atoms with E-state index in [2.05, 4.69) is 19.2 Å². The molecule has 0 unspecified atom stereocenters. The van der Waals surface area contributed by atoms with Crippen LogP contribution in [0.25, 0.3) is 11.0 Å². The number of nitrogens with one attached hydrogen (secondary N) is 1. The van der Waals surface area contributed by atoms with Crippen LogP contribution in [0.4, 0.5) is 5.69 Å². The van der Waals surface area contributed by atoms with Gasteiger partial charge in [0.2, 0.25) is 0 Å². The van der Waals surface area contributed by atoms with Crippen molar-refractivity contribution >= 4 is 22.6 Å². The van der Waals surface area contributed by atoms with Crippen molar-refractivity contribution < 1.29 is 9.21 Å². The Hall–Kier alpha value is -2.88. The van der Waals surface area contributed by atoms with Crippen LogP contribution in [-0.4, -0.2) is 5.91 Å². The molecule has 24 heavy (non-hydrogen) atoms. The van der Waals surface area contributed by atoms with E-state index < -0.39 is 11.5 Å². The summed E-state index contributed by atoms with van der Waals surface area (Å²) in [5.74, 6) is -0.0463. The van der Waals surface area contributed by atoms with Crippen molar-refractivity contribution in [3.05, 3.63) is 75.6 Å². The van der Waals surface area contributed by atoms with Gasteiger partial charge in [-0.05, 0) is 42.2 Å². The number of hydrogen-bond acceptors (Lipinski definition) is 3. The summed E-state index contributed by atoms with van der Waals surface area (Å²) in [6.07, 6.45) is 0. The molecule has 0 aliphatic heterocycles. The van der Waals surface area contributed by atoms with E-state index in [1.165, 1.54) is 5.56 Å². The van der Waals surface area contributed by atoms with Gasteiger partial charge in [-0.15, -0.1) is 0 Å². The van der Waals surface area contributed by atoms with Gasteiger partial charge in [-0.1, -0.05) is 44.2 Å². The van der Waals surface area contributed by atoms with Crippen molar-refractivity contribution in [2.45, 2.75) is 26.7 Å². The number of carbonyl (C=O) groups excluding carboxylic acids is 1. The number of para-hydroxylation sites is 1. The van der Waals surface area contributed by atoms with Gasteiger partial charge in [-0.2, -0.15) is 0 Å².